The maximum atomic E-state index is 13.6. The molecule has 3 rings (SSSR count). The molecule has 0 atom stereocenters. The van der Waals surface area contributed by atoms with E-state index in [0.29, 0.717) is 15.5 Å². The van der Waals surface area contributed by atoms with Crippen molar-refractivity contribution in [2.24, 2.45) is 0 Å². The standard InChI is InChI=1S/C13H8BrFN2O2S2/c1-19-8-5-10-7(4-6(8)15)16-13(21-10)17-12(18)9-2-3-11(14)20-9/h2-5H,1H3,(H,16,17,18). The molecule has 0 unspecified atom stereocenters. The molecule has 1 amide bonds. The summed E-state index contributed by atoms with van der Waals surface area (Å²) in [5.41, 5.74) is 0.487. The van der Waals surface area contributed by atoms with Crippen molar-refractivity contribution in [1.82, 2.24) is 4.98 Å². The SMILES string of the molecule is COc1cc2sc(NC(=O)c3ccc(Br)s3)nc2cc1F. The van der Waals surface area contributed by atoms with Crippen LogP contribution in [0.15, 0.2) is 28.1 Å². The summed E-state index contributed by atoms with van der Waals surface area (Å²) >= 11 is 5.91. The molecule has 108 valence electrons. The second-order valence-electron chi connectivity index (χ2n) is 4.03. The Hall–Kier alpha value is -1.51. The first kappa shape index (κ1) is 14.4. The van der Waals surface area contributed by atoms with Gasteiger partial charge in [0.1, 0.15) is 0 Å². The number of ether oxygens (including phenoxy) is 1. The van der Waals surface area contributed by atoms with E-state index >= 15 is 0 Å². The van der Waals surface area contributed by atoms with Gasteiger partial charge < -0.3 is 4.74 Å². The number of hydrogen-bond acceptors (Lipinski definition) is 5. The Kier molecular flexibility index (Phi) is 3.92. The number of rotatable bonds is 3. The van der Waals surface area contributed by atoms with Gasteiger partial charge in [0, 0.05) is 12.1 Å². The van der Waals surface area contributed by atoms with E-state index in [2.05, 4.69) is 26.2 Å². The van der Waals surface area contributed by atoms with Gasteiger partial charge in [-0.25, -0.2) is 9.37 Å². The molecule has 0 fully saturated rings. The number of thiazole rings is 1. The van der Waals surface area contributed by atoms with Gasteiger partial charge in [-0.3, -0.25) is 10.1 Å². The van der Waals surface area contributed by atoms with Crippen LogP contribution >= 0.6 is 38.6 Å². The number of carbonyl (C=O) groups is 1. The molecule has 4 nitrogen and oxygen atoms in total. The number of methoxy groups -OCH3 is 1. The molecular formula is C13H8BrFN2O2S2. The van der Waals surface area contributed by atoms with Crippen LogP contribution in [-0.2, 0) is 0 Å². The minimum atomic E-state index is -0.477. The van der Waals surface area contributed by atoms with Gasteiger partial charge in [-0.2, -0.15) is 0 Å². The molecule has 0 aliphatic carbocycles. The van der Waals surface area contributed by atoms with Gasteiger partial charge in [0.05, 0.1) is 26.0 Å². The Balaban J connectivity index is 1.89. The van der Waals surface area contributed by atoms with Crippen LogP contribution in [-0.4, -0.2) is 18.0 Å². The van der Waals surface area contributed by atoms with Gasteiger partial charge in [0.2, 0.25) is 0 Å². The molecule has 0 aliphatic heterocycles. The second-order valence-corrected chi connectivity index (χ2v) is 7.53. The van der Waals surface area contributed by atoms with Gasteiger partial charge in [-0.05, 0) is 28.1 Å². The van der Waals surface area contributed by atoms with Gasteiger partial charge in [-0.1, -0.05) is 11.3 Å². The van der Waals surface area contributed by atoms with Gasteiger partial charge in [0.15, 0.2) is 16.7 Å². The first-order valence-corrected chi connectivity index (χ1v) is 8.20. The zero-order valence-corrected chi connectivity index (χ0v) is 13.9. The minimum Gasteiger partial charge on any atom is -0.494 e. The molecular weight excluding hydrogens is 379 g/mol. The van der Waals surface area contributed by atoms with E-state index in [1.54, 1.807) is 18.2 Å². The number of nitrogens with zero attached hydrogens (tertiary/aromatic N) is 1. The van der Waals surface area contributed by atoms with Gasteiger partial charge in [-0.15, -0.1) is 11.3 Å². The molecule has 0 radical (unpaired) electrons. The third kappa shape index (κ3) is 2.92. The van der Waals surface area contributed by atoms with E-state index < -0.39 is 5.82 Å². The first-order chi connectivity index (χ1) is 10.1. The predicted octanol–water partition coefficient (Wildman–Crippen LogP) is 4.52. The second kappa shape index (κ2) is 5.70. The van der Waals surface area contributed by atoms with Crippen LogP contribution in [0.2, 0.25) is 0 Å². The molecule has 2 heterocycles. The van der Waals surface area contributed by atoms with Crippen molar-refractivity contribution < 1.29 is 13.9 Å². The van der Waals surface area contributed by atoms with E-state index in [0.717, 1.165) is 8.49 Å². The highest BCUT2D eigenvalue weighted by molar-refractivity contribution is 9.11. The molecule has 8 heteroatoms. The highest BCUT2D eigenvalue weighted by Gasteiger charge is 2.14. The lowest BCUT2D eigenvalue weighted by atomic mass is 10.3. The molecule has 2 aromatic heterocycles. The number of nitrogens with one attached hydrogen (secondary N) is 1. The highest BCUT2D eigenvalue weighted by Crippen LogP contribution is 2.32. The fourth-order valence-electron chi connectivity index (χ4n) is 1.73. The predicted molar refractivity (Wildman–Crippen MR) is 86.1 cm³/mol. The van der Waals surface area contributed by atoms with E-state index in [4.69, 9.17) is 4.74 Å². The van der Waals surface area contributed by atoms with E-state index in [-0.39, 0.29) is 11.7 Å². The summed E-state index contributed by atoms with van der Waals surface area (Å²) in [5.74, 6) is -0.557. The third-order valence-corrected chi connectivity index (χ3v) is 5.24. The number of thiophene rings is 1. The van der Waals surface area contributed by atoms with Crippen LogP contribution in [0.4, 0.5) is 9.52 Å². The van der Waals surface area contributed by atoms with E-state index in [9.17, 15) is 9.18 Å². The van der Waals surface area contributed by atoms with Crippen molar-refractivity contribution in [3.63, 3.8) is 0 Å². The Morgan fingerprint density at radius 1 is 1.38 bits per heavy atom. The summed E-state index contributed by atoms with van der Waals surface area (Å²) in [4.78, 5) is 16.8. The molecule has 3 aromatic rings. The van der Waals surface area contributed by atoms with Crippen molar-refractivity contribution in [3.05, 3.63) is 38.7 Å². The van der Waals surface area contributed by atoms with Crippen molar-refractivity contribution in [3.8, 4) is 5.75 Å². The van der Waals surface area contributed by atoms with Crippen LogP contribution in [0.3, 0.4) is 0 Å². The van der Waals surface area contributed by atoms with Crippen LogP contribution in [0.5, 0.6) is 5.75 Å². The summed E-state index contributed by atoms with van der Waals surface area (Å²) in [5, 5.41) is 3.14. The molecule has 1 N–H and O–H groups in total. The number of amides is 1. The van der Waals surface area contributed by atoms with Crippen LogP contribution < -0.4 is 10.1 Å². The smallest absolute Gasteiger partial charge is 0.267 e. The molecule has 0 aliphatic rings. The Morgan fingerprint density at radius 3 is 2.86 bits per heavy atom. The number of benzene rings is 1. The molecule has 1 aromatic carbocycles. The van der Waals surface area contributed by atoms with Crippen LogP contribution in [0, 0.1) is 5.82 Å². The fraction of sp³-hybridized carbons (Fsp3) is 0.0769. The quantitative estimate of drug-likeness (QED) is 0.719. The van der Waals surface area contributed by atoms with Crippen molar-refractivity contribution in [2.75, 3.05) is 12.4 Å². The normalized spacial score (nSPS) is 10.8. The summed E-state index contributed by atoms with van der Waals surface area (Å²) in [7, 11) is 1.41. The lowest BCUT2D eigenvalue weighted by Gasteiger charge is -1.99. The number of aromatic nitrogens is 1. The maximum absolute atomic E-state index is 13.6. The topological polar surface area (TPSA) is 51.2 Å². The average Bonchev–Trinajstić information content (AvgIpc) is 3.03. The van der Waals surface area contributed by atoms with Crippen LogP contribution in [0.25, 0.3) is 10.2 Å². The van der Waals surface area contributed by atoms with Crippen molar-refractivity contribution in [1.29, 1.82) is 0 Å². The monoisotopic (exact) mass is 386 g/mol. The van der Waals surface area contributed by atoms with E-state index in [1.807, 2.05) is 0 Å². The molecule has 21 heavy (non-hydrogen) atoms. The summed E-state index contributed by atoms with van der Waals surface area (Å²) in [6.07, 6.45) is 0. The van der Waals surface area contributed by atoms with Crippen molar-refractivity contribution >= 4 is 59.9 Å². The largest absolute Gasteiger partial charge is 0.494 e. The molecule has 0 bridgehead atoms. The summed E-state index contributed by atoms with van der Waals surface area (Å²) < 4.78 is 20.2. The average molecular weight is 387 g/mol. The molecule has 0 spiro atoms. The molecule has 0 saturated heterocycles. The summed E-state index contributed by atoms with van der Waals surface area (Å²) in [6, 6.07) is 6.39. The minimum absolute atomic E-state index is 0.159. The third-order valence-electron chi connectivity index (χ3n) is 2.68. The van der Waals surface area contributed by atoms with E-state index in [1.165, 1.54) is 35.8 Å². The maximum Gasteiger partial charge on any atom is 0.267 e. The zero-order valence-electron chi connectivity index (χ0n) is 10.6. The first-order valence-electron chi connectivity index (χ1n) is 5.77. The zero-order chi connectivity index (χ0) is 15.0. The number of halogens is 2. The molecule has 0 saturated carbocycles. The lowest BCUT2D eigenvalue weighted by molar-refractivity contribution is 0.103. The summed E-state index contributed by atoms with van der Waals surface area (Å²) in [6.45, 7) is 0. The number of fused-ring (bicyclic) bond motifs is 1. The van der Waals surface area contributed by atoms with Gasteiger partial charge in [0.25, 0.3) is 5.91 Å². The van der Waals surface area contributed by atoms with Crippen LogP contribution in [0.1, 0.15) is 9.67 Å². The number of carbonyl (C=O) groups excluding carboxylic acids is 1. The number of hydrogen-bond donors (Lipinski definition) is 1. The van der Waals surface area contributed by atoms with Gasteiger partial charge >= 0.3 is 0 Å². The highest BCUT2D eigenvalue weighted by atomic mass is 79.9. The van der Waals surface area contributed by atoms with Crippen molar-refractivity contribution in [2.45, 2.75) is 0 Å². The Labute approximate surface area is 135 Å². The fourth-order valence-corrected chi connectivity index (χ4v) is 3.89. The Morgan fingerprint density at radius 2 is 2.19 bits per heavy atom. The number of anilines is 1. The Bertz CT molecular complexity index is 831. The lowest BCUT2D eigenvalue weighted by Crippen LogP contribution is -2.09.